The van der Waals surface area contributed by atoms with Gasteiger partial charge in [0.1, 0.15) is 0 Å². The Labute approximate surface area is 77.7 Å². The van der Waals surface area contributed by atoms with Crippen molar-refractivity contribution in [3.63, 3.8) is 0 Å². The fourth-order valence-electron chi connectivity index (χ4n) is 1.27. The minimum absolute atomic E-state index is 0.599. The van der Waals surface area contributed by atoms with Crippen LogP contribution in [0, 0.1) is 12.1 Å². The minimum atomic E-state index is 0.599. The topological polar surface area (TPSA) is 42.7 Å². The molecule has 0 radical (unpaired) electrons. The zero-order chi connectivity index (χ0) is 8.72. The van der Waals surface area contributed by atoms with Gasteiger partial charge in [0.25, 0.3) is 5.65 Å². The molecule has 3 nitrogen and oxygen atoms in total. The molecule has 0 saturated carbocycles. The van der Waals surface area contributed by atoms with Gasteiger partial charge >= 0.3 is 0 Å². The predicted molar refractivity (Wildman–Crippen MR) is 49.7 cm³/mol. The lowest BCUT2D eigenvalue weighted by Gasteiger charge is -2.02. The Morgan fingerprint density at radius 3 is 3.00 bits per heavy atom. The lowest BCUT2D eigenvalue weighted by atomic mass is 10.2. The molecule has 2 aromatic heterocycles. The smallest absolute Gasteiger partial charge is 0.291 e. The first-order chi connectivity index (χ1) is 5.70. The maximum absolute atomic E-state index is 11.2. The summed E-state index contributed by atoms with van der Waals surface area (Å²) < 4.78 is 1.77. The summed E-state index contributed by atoms with van der Waals surface area (Å²) in [5, 5.41) is 12.2. The molecule has 0 aliphatic rings. The second-order valence-corrected chi connectivity index (χ2v) is 3.54. The normalized spacial score (nSPS) is 10.8. The number of aromatic nitrogens is 2. The van der Waals surface area contributed by atoms with E-state index in [0.29, 0.717) is 5.65 Å². The van der Waals surface area contributed by atoms with Gasteiger partial charge in [0.15, 0.2) is 0 Å². The summed E-state index contributed by atoms with van der Waals surface area (Å²) in [6, 6.07) is 1.75. The van der Waals surface area contributed by atoms with Crippen molar-refractivity contribution in [2.24, 2.45) is 0 Å². The summed E-state index contributed by atoms with van der Waals surface area (Å²) in [7, 11) is 0. The summed E-state index contributed by atoms with van der Waals surface area (Å²) in [5.74, 6) is 0. The molecule has 0 aliphatic heterocycles. The fraction of sp³-hybridized carbons (Fsp3) is 0.125. The van der Waals surface area contributed by atoms with Gasteiger partial charge in [-0.05, 0) is 28.9 Å². The van der Waals surface area contributed by atoms with E-state index in [9.17, 15) is 5.21 Å². The van der Waals surface area contributed by atoms with Gasteiger partial charge in [0.2, 0.25) is 0 Å². The summed E-state index contributed by atoms with van der Waals surface area (Å²) >= 11 is 3.39. The minimum Gasteiger partial charge on any atom is -0.711 e. The number of hydrogen-bond donors (Lipinski definition) is 1. The largest absolute Gasteiger partial charge is 0.711 e. The lowest BCUT2D eigenvalue weighted by Crippen LogP contribution is -2.26. The molecule has 2 rings (SSSR count). The highest BCUT2D eigenvalue weighted by molar-refractivity contribution is 9.10. The van der Waals surface area contributed by atoms with E-state index < -0.39 is 0 Å². The molecule has 0 fully saturated rings. The molecule has 0 bridgehead atoms. The van der Waals surface area contributed by atoms with Crippen LogP contribution in [0.2, 0.25) is 0 Å². The van der Waals surface area contributed by atoms with Gasteiger partial charge in [0, 0.05) is 10.0 Å². The van der Waals surface area contributed by atoms with Crippen LogP contribution < -0.4 is 4.73 Å². The van der Waals surface area contributed by atoms with Crippen LogP contribution in [0.1, 0.15) is 5.56 Å². The van der Waals surface area contributed by atoms with Crippen molar-refractivity contribution in [2.45, 2.75) is 6.92 Å². The van der Waals surface area contributed by atoms with Gasteiger partial charge in [-0.2, -0.15) is 0 Å². The zero-order valence-electron chi connectivity index (χ0n) is 6.47. The third-order valence-corrected chi connectivity index (χ3v) is 2.53. The average molecular weight is 227 g/mol. The molecule has 2 aromatic rings. The van der Waals surface area contributed by atoms with Crippen LogP contribution in [0.15, 0.2) is 22.9 Å². The highest BCUT2D eigenvalue weighted by Gasteiger charge is 2.10. The Bertz CT molecular complexity index is 436. The first kappa shape index (κ1) is 7.61. The van der Waals surface area contributed by atoms with Crippen molar-refractivity contribution in [1.82, 2.24) is 4.98 Å². The number of halogens is 1. The second kappa shape index (κ2) is 2.48. The predicted octanol–water partition coefficient (Wildman–Crippen LogP) is 1.87. The fourth-order valence-corrected chi connectivity index (χ4v) is 1.89. The number of rotatable bonds is 0. The lowest BCUT2D eigenvalue weighted by molar-refractivity contribution is -0.579. The van der Waals surface area contributed by atoms with E-state index in [1.54, 1.807) is 6.07 Å². The van der Waals surface area contributed by atoms with E-state index in [2.05, 4.69) is 20.9 Å². The molecule has 0 aliphatic carbocycles. The van der Waals surface area contributed by atoms with Crippen LogP contribution in [0.25, 0.3) is 11.0 Å². The van der Waals surface area contributed by atoms with Crippen molar-refractivity contribution in [1.29, 1.82) is 0 Å². The molecular formula is C8H7BrN2O. The average Bonchev–Trinajstić information content (AvgIpc) is 2.42. The van der Waals surface area contributed by atoms with Gasteiger partial charge in [0.05, 0.1) is 17.8 Å². The number of nitrogens with one attached hydrogen (secondary N) is 1. The second-order valence-electron chi connectivity index (χ2n) is 2.68. The van der Waals surface area contributed by atoms with Crippen molar-refractivity contribution in [2.75, 3.05) is 0 Å². The Morgan fingerprint density at radius 2 is 2.33 bits per heavy atom. The third-order valence-electron chi connectivity index (χ3n) is 1.87. The summed E-state index contributed by atoms with van der Waals surface area (Å²) in [4.78, 5) is 2.92. The third kappa shape index (κ3) is 0.914. The number of aryl methyl sites for hydroxylation is 1. The SMILES string of the molecule is Cc1c[nH]c2c1c(Br)cc[n+]2[O-]. The molecule has 62 valence electrons. The number of aromatic amines is 1. The summed E-state index contributed by atoms with van der Waals surface area (Å²) in [6.45, 7) is 1.96. The number of hydrogen-bond acceptors (Lipinski definition) is 1. The molecule has 0 saturated heterocycles. The van der Waals surface area contributed by atoms with E-state index in [-0.39, 0.29) is 0 Å². The first-order valence-electron chi connectivity index (χ1n) is 3.55. The number of fused-ring (bicyclic) bond motifs is 1. The van der Waals surface area contributed by atoms with Crippen LogP contribution in [-0.4, -0.2) is 4.98 Å². The van der Waals surface area contributed by atoms with E-state index in [0.717, 1.165) is 20.2 Å². The molecule has 0 unspecified atom stereocenters. The molecule has 0 spiro atoms. The monoisotopic (exact) mass is 226 g/mol. The van der Waals surface area contributed by atoms with Gasteiger partial charge in [-0.15, -0.1) is 0 Å². The quantitative estimate of drug-likeness (QED) is 0.541. The molecule has 12 heavy (non-hydrogen) atoms. The van der Waals surface area contributed by atoms with Crippen molar-refractivity contribution >= 4 is 27.0 Å². The summed E-state index contributed by atoms with van der Waals surface area (Å²) in [5.41, 5.74) is 1.67. The molecule has 0 atom stereocenters. The Balaban J connectivity index is 2.98. The van der Waals surface area contributed by atoms with Gasteiger partial charge < -0.3 is 5.21 Å². The van der Waals surface area contributed by atoms with E-state index >= 15 is 0 Å². The van der Waals surface area contributed by atoms with Crippen LogP contribution in [-0.2, 0) is 0 Å². The van der Waals surface area contributed by atoms with Gasteiger partial charge in [-0.3, -0.25) is 0 Å². The Morgan fingerprint density at radius 1 is 1.58 bits per heavy atom. The molecular weight excluding hydrogens is 220 g/mol. The Kier molecular flexibility index (Phi) is 1.58. The Hall–Kier alpha value is -1.03. The number of H-pyrrole nitrogens is 1. The first-order valence-corrected chi connectivity index (χ1v) is 4.35. The highest BCUT2D eigenvalue weighted by Crippen LogP contribution is 2.23. The molecule has 1 N–H and O–H groups in total. The molecule has 2 heterocycles. The molecule has 4 heteroatoms. The van der Waals surface area contributed by atoms with Crippen molar-refractivity contribution in [3.8, 4) is 0 Å². The molecule has 0 aromatic carbocycles. The number of pyridine rings is 1. The van der Waals surface area contributed by atoms with Crippen LogP contribution in [0.4, 0.5) is 0 Å². The van der Waals surface area contributed by atoms with Crippen molar-refractivity contribution < 1.29 is 4.73 Å². The van der Waals surface area contributed by atoms with E-state index in [4.69, 9.17) is 0 Å². The van der Waals surface area contributed by atoms with Crippen LogP contribution in [0.5, 0.6) is 0 Å². The maximum atomic E-state index is 11.2. The van der Waals surface area contributed by atoms with Gasteiger partial charge in [-0.1, -0.05) is 0 Å². The van der Waals surface area contributed by atoms with Crippen LogP contribution in [0.3, 0.4) is 0 Å². The molecule has 0 amide bonds. The van der Waals surface area contributed by atoms with Crippen molar-refractivity contribution in [3.05, 3.63) is 33.7 Å². The van der Waals surface area contributed by atoms with Gasteiger partial charge in [-0.25, -0.2) is 9.71 Å². The van der Waals surface area contributed by atoms with E-state index in [1.165, 1.54) is 6.20 Å². The van der Waals surface area contributed by atoms with Crippen LogP contribution >= 0.6 is 15.9 Å². The van der Waals surface area contributed by atoms with E-state index in [1.807, 2.05) is 13.1 Å². The zero-order valence-corrected chi connectivity index (χ0v) is 8.05. The standard InChI is InChI=1S/C8H7BrN2O/c1-5-4-10-8-7(5)6(9)2-3-11(8)12/h2-4,10H,1H3. The highest BCUT2D eigenvalue weighted by atomic mass is 79.9. The number of nitrogens with zero attached hydrogens (tertiary/aromatic N) is 1. The summed E-state index contributed by atoms with van der Waals surface area (Å²) in [6.07, 6.45) is 3.30. The maximum Gasteiger partial charge on any atom is 0.291 e.